The van der Waals surface area contributed by atoms with Gasteiger partial charge < -0.3 is 10.6 Å². The van der Waals surface area contributed by atoms with E-state index in [1.165, 1.54) is 0 Å². The Morgan fingerprint density at radius 3 is 2.44 bits per heavy atom. The molecule has 1 unspecified atom stereocenters. The zero-order chi connectivity index (χ0) is 14.0. The van der Waals surface area contributed by atoms with Gasteiger partial charge in [0, 0.05) is 13.1 Å². The first-order valence-corrected chi connectivity index (χ1v) is 8.22. The van der Waals surface area contributed by atoms with E-state index in [0.29, 0.717) is 26.1 Å². The van der Waals surface area contributed by atoms with Crippen molar-refractivity contribution in [1.82, 2.24) is 4.90 Å². The molecule has 1 aliphatic rings. The second-order valence-corrected chi connectivity index (χ2v) is 8.05. The van der Waals surface area contributed by atoms with Crippen LogP contribution in [0.25, 0.3) is 0 Å². The molecule has 0 radical (unpaired) electrons. The van der Waals surface area contributed by atoms with Crippen molar-refractivity contribution < 1.29 is 13.2 Å². The van der Waals surface area contributed by atoms with E-state index in [-0.39, 0.29) is 28.7 Å². The number of hydrogen-bond acceptors (Lipinski definition) is 4. The molecule has 0 bridgehead atoms. The van der Waals surface area contributed by atoms with Gasteiger partial charge in [-0.2, -0.15) is 0 Å². The second-order valence-electron chi connectivity index (χ2n) is 5.82. The lowest BCUT2D eigenvalue weighted by atomic mass is 9.92. The quantitative estimate of drug-likeness (QED) is 0.781. The minimum absolute atomic E-state index is 0.00534. The van der Waals surface area contributed by atoms with Gasteiger partial charge in [0.15, 0.2) is 9.84 Å². The molecule has 1 atom stereocenters. The van der Waals surface area contributed by atoms with Gasteiger partial charge in [0.25, 0.3) is 0 Å². The molecule has 106 valence electrons. The summed E-state index contributed by atoms with van der Waals surface area (Å²) in [5.41, 5.74) is 5.54. The van der Waals surface area contributed by atoms with Crippen LogP contribution < -0.4 is 5.73 Å². The van der Waals surface area contributed by atoms with Crippen LogP contribution in [0.15, 0.2) is 0 Å². The highest BCUT2D eigenvalue weighted by atomic mass is 32.2. The summed E-state index contributed by atoms with van der Waals surface area (Å²) in [6.07, 6.45) is 0.459. The van der Waals surface area contributed by atoms with Gasteiger partial charge in [-0.05, 0) is 25.3 Å². The van der Waals surface area contributed by atoms with Crippen molar-refractivity contribution in [3.63, 3.8) is 0 Å². The first-order valence-electron chi connectivity index (χ1n) is 6.40. The van der Waals surface area contributed by atoms with Crippen LogP contribution in [-0.2, 0) is 14.6 Å². The van der Waals surface area contributed by atoms with Gasteiger partial charge in [-0.25, -0.2) is 8.42 Å². The van der Waals surface area contributed by atoms with E-state index in [0.717, 1.165) is 0 Å². The zero-order valence-electron chi connectivity index (χ0n) is 11.5. The number of nitrogens with two attached hydrogens (primary N) is 1. The number of hydrogen-bond donors (Lipinski definition) is 1. The monoisotopic (exact) mass is 276 g/mol. The number of amides is 1. The van der Waals surface area contributed by atoms with Gasteiger partial charge in [-0.3, -0.25) is 4.79 Å². The summed E-state index contributed by atoms with van der Waals surface area (Å²) >= 11 is 0. The van der Waals surface area contributed by atoms with E-state index in [4.69, 9.17) is 5.73 Å². The lowest BCUT2D eigenvalue weighted by Gasteiger charge is -2.32. The molecule has 1 rings (SSSR count). The highest BCUT2D eigenvalue weighted by Crippen LogP contribution is 2.23. The third-order valence-corrected chi connectivity index (χ3v) is 5.21. The van der Waals surface area contributed by atoms with Crippen LogP contribution in [0.3, 0.4) is 0 Å². The normalized spacial score (nSPS) is 23.0. The van der Waals surface area contributed by atoms with Gasteiger partial charge in [0.1, 0.15) is 0 Å². The predicted molar refractivity (Wildman–Crippen MR) is 71.9 cm³/mol. The molecule has 1 aliphatic heterocycles. The summed E-state index contributed by atoms with van der Waals surface area (Å²) in [4.78, 5) is 14.0. The Morgan fingerprint density at radius 2 is 2.06 bits per heavy atom. The van der Waals surface area contributed by atoms with Crippen molar-refractivity contribution in [2.24, 2.45) is 17.1 Å². The summed E-state index contributed by atoms with van der Waals surface area (Å²) in [7, 11) is -3.00. The molecule has 0 aromatic rings. The van der Waals surface area contributed by atoms with Gasteiger partial charge in [0.05, 0.1) is 17.4 Å². The SMILES string of the molecule is CCN(CC(C)(C)CN)C(=O)C1CCS(=O)(=O)C1. The van der Waals surface area contributed by atoms with Crippen LogP contribution in [-0.4, -0.2) is 50.4 Å². The first-order chi connectivity index (χ1) is 8.21. The average Bonchev–Trinajstić information content (AvgIpc) is 2.65. The Kier molecular flexibility index (Phi) is 4.78. The summed E-state index contributed by atoms with van der Waals surface area (Å²) < 4.78 is 22.8. The molecule has 0 aliphatic carbocycles. The van der Waals surface area contributed by atoms with Crippen molar-refractivity contribution in [2.75, 3.05) is 31.1 Å². The largest absolute Gasteiger partial charge is 0.342 e. The number of nitrogens with zero attached hydrogens (tertiary/aromatic N) is 1. The third kappa shape index (κ3) is 3.95. The molecule has 0 saturated carbocycles. The molecule has 0 aromatic heterocycles. The number of carbonyl (C=O) groups is 1. The summed E-state index contributed by atoms with van der Waals surface area (Å²) in [5.74, 6) is -0.254. The van der Waals surface area contributed by atoms with E-state index in [1.807, 2.05) is 20.8 Å². The minimum atomic E-state index is -3.00. The number of sulfone groups is 1. The molecular formula is C12H24N2O3S. The fourth-order valence-corrected chi connectivity index (χ4v) is 3.91. The summed E-state index contributed by atoms with van der Waals surface area (Å²) in [5, 5.41) is 0. The van der Waals surface area contributed by atoms with Crippen molar-refractivity contribution in [1.29, 1.82) is 0 Å². The van der Waals surface area contributed by atoms with Gasteiger partial charge in [-0.1, -0.05) is 13.8 Å². The average molecular weight is 276 g/mol. The lowest BCUT2D eigenvalue weighted by molar-refractivity contribution is -0.135. The first kappa shape index (κ1) is 15.4. The molecule has 1 fully saturated rings. The van der Waals surface area contributed by atoms with E-state index in [1.54, 1.807) is 4.90 Å². The van der Waals surface area contributed by atoms with Crippen LogP contribution in [0.4, 0.5) is 0 Å². The molecule has 0 spiro atoms. The van der Waals surface area contributed by atoms with Crippen LogP contribution >= 0.6 is 0 Å². The molecular weight excluding hydrogens is 252 g/mol. The van der Waals surface area contributed by atoms with E-state index < -0.39 is 9.84 Å². The fourth-order valence-electron chi connectivity index (χ4n) is 2.17. The molecule has 6 heteroatoms. The van der Waals surface area contributed by atoms with Gasteiger partial charge in [-0.15, -0.1) is 0 Å². The molecule has 5 nitrogen and oxygen atoms in total. The Hall–Kier alpha value is -0.620. The standard InChI is InChI=1S/C12H24N2O3S/c1-4-14(9-12(2,3)8-13)11(15)10-5-6-18(16,17)7-10/h10H,4-9,13H2,1-3H3. The van der Waals surface area contributed by atoms with E-state index in [2.05, 4.69) is 0 Å². The molecule has 1 saturated heterocycles. The van der Waals surface area contributed by atoms with Gasteiger partial charge in [0.2, 0.25) is 5.91 Å². The fraction of sp³-hybridized carbons (Fsp3) is 0.917. The maximum atomic E-state index is 12.3. The lowest BCUT2D eigenvalue weighted by Crippen LogP contribution is -2.44. The smallest absolute Gasteiger partial charge is 0.226 e. The third-order valence-electron chi connectivity index (χ3n) is 3.45. The van der Waals surface area contributed by atoms with Crippen LogP contribution in [0.2, 0.25) is 0 Å². The highest BCUT2D eigenvalue weighted by molar-refractivity contribution is 7.91. The maximum Gasteiger partial charge on any atom is 0.226 e. The van der Waals surface area contributed by atoms with Crippen molar-refractivity contribution >= 4 is 15.7 Å². The number of carbonyl (C=O) groups excluding carboxylic acids is 1. The molecule has 2 N–H and O–H groups in total. The van der Waals surface area contributed by atoms with Crippen LogP contribution in [0.5, 0.6) is 0 Å². The Bertz CT molecular complexity index is 404. The van der Waals surface area contributed by atoms with Crippen LogP contribution in [0.1, 0.15) is 27.2 Å². The Balaban J connectivity index is 2.69. The Labute approximate surface area is 110 Å². The van der Waals surface area contributed by atoms with E-state index >= 15 is 0 Å². The zero-order valence-corrected chi connectivity index (χ0v) is 12.3. The van der Waals surface area contributed by atoms with Gasteiger partial charge >= 0.3 is 0 Å². The second kappa shape index (κ2) is 5.57. The van der Waals surface area contributed by atoms with Crippen molar-refractivity contribution in [3.05, 3.63) is 0 Å². The maximum absolute atomic E-state index is 12.3. The molecule has 1 amide bonds. The number of rotatable bonds is 5. The molecule has 18 heavy (non-hydrogen) atoms. The molecule has 1 heterocycles. The minimum Gasteiger partial charge on any atom is -0.342 e. The van der Waals surface area contributed by atoms with E-state index in [9.17, 15) is 13.2 Å². The molecule has 0 aromatic carbocycles. The predicted octanol–water partition coefficient (Wildman–Crippen LogP) is 0.255. The summed E-state index contributed by atoms with van der Waals surface area (Å²) in [6, 6.07) is 0. The highest BCUT2D eigenvalue weighted by Gasteiger charge is 2.36. The van der Waals surface area contributed by atoms with Crippen molar-refractivity contribution in [2.45, 2.75) is 27.2 Å². The van der Waals surface area contributed by atoms with Crippen molar-refractivity contribution in [3.8, 4) is 0 Å². The topological polar surface area (TPSA) is 80.5 Å². The Morgan fingerprint density at radius 1 is 1.44 bits per heavy atom. The van der Waals surface area contributed by atoms with Crippen LogP contribution in [0, 0.1) is 11.3 Å². The summed E-state index contributed by atoms with van der Waals surface area (Å²) in [6.45, 7) is 7.60.